The van der Waals surface area contributed by atoms with E-state index in [1.807, 2.05) is 13.8 Å². The lowest BCUT2D eigenvalue weighted by molar-refractivity contribution is 0.592. The largest absolute Gasteiger partial charge is 0.0683 e. The monoisotopic (exact) mass is 240 g/mol. The van der Waals surface area contributed by atoms with Crippen LogP contribution >= 0.6 is 0 Å². The van der Waals surface area contributed by atoms with Crippen molar-refractivity contribution < 1.29 is 0 Å². The first-order valence-corrected chi connectivity index (χ1v) is 6.74. The van der Waals surface area contributed by atoms with Gasteiger partial charge < -0.3 is 0 Å². The van der Waals surface area contributed by atoms with Crippen LogP contribution in [-0.4, -0.2) is 0 Å². The zero-order valence-electron chi connectivity index (χ0n) is 12.2. The standard InChI is InChI=1S/C16H18.C2H6/c1-16(2,3)15-12-8-7-11-14(15)13-9-5-4-6-10-13;1-2/h4-12H,1-3H3;1-2H3. The molecule has 0 fully saturated rings. The summed E-state index contributed by atoms with van der Waals surface area (Å²) in [6.45, 7) is 10.8. The average Bonchev–Trinajstić information content (AvgIpc) is 2.41. The molecule has 0 spiro atoms. The highest BCUT2D eigenvalue weighted by Gasteiger charge is 2.17. The van der Waals surface area contributed by atoms with Crippen LogP contribution in [0.15, 0.2) is 54.6 Å². The van der Waals surface area contributed by atoms with Gasteiger partial charge >= 0.3 is 0 Å². The Kier molecular flexibility index (Phi) is 5.15. The van der Waals surface area contributed by atoms with Crippen molar-refractivity contribution in [1.29, 1.82) is 0 Å². The van der Waals surface area contributed by atoms with Crippen molar-refractivity contribution in [3.05, 3.63) is 60.2 Å². The normalized spacial score (nSPS) is 10.5. The Morgan fingerprint density at radius 2 is 1.17 bits per heavy atom. The van der Waals surface area contributed by atoms with Crippen molar-refractivity contribution in [2.45, 2.75) is 40.0 Å². The van der Waals surface area contributed by atoms with Gasteiger partial charge in [0, 0.05) is 0 Å². The molecule has 0 aromatic heterocycles. The minimum Gasteiger partial charge on any atom is -0.0683 e. The van der Waals surface area contributed by atoms with Crippen LogP contribution in [0.2, 0.25) is 0 Å². The maximum atomic E-state index is 2.26. The summed E-state index contributed by atoms with van der Waals surface area (Å²) in [4.78, 5) is 0. The quantitative estimate of drug-likeness (QED) is 0.601. The lowest BCUT2D eigenvalue weighted by Gasteiger charge is -2.23. The second-order valence-electron chi connectivity index (χ2n) is 5.16. The molecule has 0 radical (unpaired) electrons. The van der Waals surface area contributed by atoms with Gasteiger partial charge in [0.05, 0.1) is 0 Å². The van der Waals surface area contributed by atoms with Gasteiger partial charge in [-0.05, 0) is 22.1 Å². The van der Waals surface area contributed by atoms with Crippen LogP contribution in [0.3, 0.4) is 0 Å². The maximum absolute atomic E-state index is 2.26. The molecular formula is C18H24. The molecule has 18 heavy (non-hydrogen) atoms. The third kappa shape index (κ3) is 3.46. The Hall–Kier alpha value is -1.56. The molecule has 96 valence electrons. The van der Waals surface area contributed by atoms with E-state index >= 15 is 0 Å². The van der Waals surface area contributed by atoms with Crippen molar-refractivity contribution in [2.75, 3.05) is 0 Å². The van der Waals surface area contributed by atoms with Crippen LogP contribution in [0.4, 0.5) is 0 Å². The Labute approximate surface area is 112 Å². The summed E-state index contributed by atoms with van der Waals surface area (Å²) in [7, 11) is 0. The van der Waals surface area contributed by atoms with Gasteiger partial charge in [-0.1, -0.05) is 89.2 Å². The molecule has 0 unspecified atom stereocenters. The van der Waals surface area contributed by atoms with Gasteiger partial charge in [0.2, 0.25) is 0 Å². The third-order valence-corrected chi connectivity index (χ3v) is 2.82. The molecular weight excluding hydrogens is 216 g/mol. The fraction of sp³-hybridized carbons (Fsp3) is 0.333. The summed E-state index contributed by atoms with van der Waals surface area (Å²) in [6.07, 6.45) is 0. The van der Waals surface area contributed by atoms with Gasteiger partial charge in [-0.2, -0.15) is 0 Å². The Balaban J connectivity index is 0.000000771. The van der Waals surface area contributed by atoms with Gasteiger partial charge in [-0.25, -0.2) is 0 Å². The minimum absolute atomic E-state index is 0.187. The van der Waals surface area contributed by atoms with Crippen LogP contribution in [0.1, 0.15) is 40.2 Å². The molecule has 0 nitrogen and oxygen atoms in total. The fourth-order valence-corrected chi connectivity index (χ4v) is 2.01. The molecule has 0 N–H and O–H groups in total. The number of rotatable bonds is 1. The van der Waals surface area contributed by atoms with E-state index in [1.54, 1.807) is 0 Å². The molecule has 2 aromatic carbocycles. The van der Waals surface area contributed by atoms with Crippen LogP contribution in [0, 0.1) is 0 Å². The van der Waals surface area contributed by atoms with Crippen molar-refractivity contribution in [3.8, 4) is 11.1 Å². The van der Waals surface area contributed by atoms with Crippen LogP contribution in [0.5, 0.6) is 0 Å². The van der Waals surface area contributed by atoms with Crippen molar-refractivity contribution >= 4 is 0 Å². The summed E-state index contributed by atoms with van der Waals surface area (Å²) in [5.41, 5.74) is 4.23. The van der Waals surface area contributed by atoms with E-state index in [4.69, 9.17) is 0 Å². The first-order valence-electron chi connectivity index (χ1n) is 6.74. The molecule has 0 heterocycles. The van der Waals surface area contributed by atoms with Gasteiger partial charge in [0.1, 0.15) is 0 Å². The second-order valence-corrected chi connectivity index (χ2v) is 5.16. The third-order valence-electron chi connectivity index (χ3n) is 2.82. The van der Waals surface area contributed by atoms with Gasteiger partial charge in [-0.3, -0.25) is 0 Å². The lowest BCUT2D eigenvalue weighted by Crippen LogP contribution is -2.12. The zero-order chi connectivity index (χ0) is 13.6. The van der Waals surface area contributed by atoms with Crippen LogP contribution in [-0.2, 0) is 5.41 Å². The van der Waals surface area contributed by atoms with E-state index in [0.717, 1.165) is 0 Å². The molecule has 0 saturated heterocycles. The number of benzene rings is 2. The summed E-state index contributed by atoms with van der Waals surface area (Å²) in [5, 5.41) is 0. The molecule has 0 aliphatic carbocycles. The maximum Gasteiger partial charge on any atom is -0.0126 e. The van der Waals surface area contributed by atoms with E-state index < -0.39 is 0 Å². The van der Waals surface area contributed by atoms with E-state index in [2.05, 4.69) is 75.4 Å². The topological polar surface area (TPSA) is 0 Å². The molecule has 0 bridgehead atoms. The Morgan fingerprint density at radius 1 is 0.667 bits per heavy atom. The minimum atomic E-state index is 0.187. The van der Waals surface area contributed by atoms with Crippen LogP contribution < -0.4 is 0 Å². The Bertz CT molecular complexity index is 461. The molecule has 0 atom stereocenters. The summed E-state index contributed by atoms with van der Waals surface area (Å²) >= 11 is 0. The SMILES string of the molecule is CC.CC(C)(C)c1ccccc1-c1ccccc1. The predicted octanol–water partition coefficient (Wildman–Crippen LogP) is 5.68. The highest BCUT2D eigenvalue weighted by molar-refractivity contribution is 5.68. The molecule has 0 heteroatoms. The van der Waals surface area contributed by atoms with Crippen molar-refractivity contribution in [1.82, 2.24) is 0 Å². The van der Waals surface area contributed by atoms with E-state index in [0.29, 0.717) is 0 Å². The smallest absolute Gasteiger partial charge is 0.0126 e. The highest BCUT2D eigenvalue weighted by atomic mass is 14.2. The first-order chi connectivity index (χ1) is 8.59. The zero-order valence-corrected chi connectivity index (χ0v) is 12.2. The van der Waals surface area contributed by atoms with Gasteiger partial charge in [0.25, 0.3) is 0 Å². The van der Waals surface area contributed by atoms with Gasteiger partial charge in [0.15, 0.2) is 0 Å². The average molecular weight is 240 g/mol. The molecule has 0 aliphatic heterocycles. The summed E-state index contributed by atoms with van der Waals surface area (Å²) in [5.74, 6) is 0. The van der Waals surface area contributed by atoms with Gasteiger partial charge in [-0.15, -0.1) is 0 Å². The van der Waals surface area contributed by atoms with Crippen molar-refractivity contribution in [3.63, 3.8) is 0 Å². The summed E-state index contributed by atoms with van der Waals surface area (Å²) < 4.78 is 0. The molecule has 0 amide bonds. The highest BCUT2D eigenvalue weighted by Crippen LogP contribution is 2.32. The molecule has 0 saturated carbocycles. The fourth-order valence-electron chi connectivity index (χ4n) is 2.01. The van der Waals surface area contributed by atoms with E-state index in [9.17, 15) is 0 Å². The van der Waals surface area contributed by atoms with E-state index in [-0.39, 0.29) is 5.41 Å². The van der Waals surface area contributed by atoms with Crippen molar-refractivity contribution in [2.24, 2.45) is 0 Å². The number of hydrogen-bond acceptors (Lipinski definition) is 0. The first kappa shape index (κ1) is 14.5. The molecule has 2 rings (SSSR count). The molecule has 2 aromatic rings. The molecule has 0 aliphatic rings. The Morgan fingerprint density at radius 3 is 1.72 bits per heavy atom. The lowest BCUT2D eigenvalue weighted by atomic mass is 9.82. The van der Waals surface area contributed by atoms with Crippen LogP contribution in [0.25, 0.3) is 11.1 Å². The van der Waals surface area contributed by atoms with E-state index in [1.165, 1.54) is 16.7 Å². The second kappa shape index (κ2) is 6.39. The number of hydrogen-bond donors (Lipinski definition) is 0. The predicted molar refractivity (Wildman–Crippen MR) is 81.9 cm³/mol. The summed E-state index contributed by atoms with van der Waals surface area (Å²) in [6, 6.07) is 19.2.